The zero-order valence-electron chi connectivity index (χ0n) is 19.7. The van der Waals surface area contributed by atoms with Gasteiger partial charge in [-0.1, -0.05) is 0 Å². The monoisotopic (exact) mass is 469 g/mol. The fraction of sp³-hybridized carbons (Fsp3) is 0.522. The van der Waals surface area contributed by atoms with Crippen molar-refractivity contribution in [1.82, 2.24) is 35.5 Å². The first-order chi connectivity index (χ1) is 16.1. The summed E-state index contributed by atoms with van der Waals surface area (Å²) in [6.07, 6.45) is 6.03. The fourth-order valence-electron chi connectivity index (χ4n) is 5.19. The molecule has 0 radical (unpaired) electrons. The van der Waals surface area contributed by atoms with E-state index in [0.29, 0.717) is 16.9 Å². The molecule has 0 bridgehead atoms. The van der Waals surface area contributed by atoms with E-state index in [1.807, 2.05) is 0 Å². The van der Waals surface area contributed by atoms with Gasteiger partial charge in [-0.15, -0.1) is 5.10 Å². The lowest BCUT2D eigenvalue weighted by atomic mass is 9.79. The van der Waals surface area contributed by atoms with Gasteiger partial charge in [0.25, 0.3) is 0 Å². The Balaban J connectivity index is 1.40. The van der Waals surface area contributed by atoms with Crippen LogP contribution in [0.2, 0.25) is 0 Å². The van der Waals surface area contributed by atoms with Gasteiger partial charge in [-0.05, 0) is 81.9 Å². The van der Waals surface area contributed by atoms with Crippen LogP contribution in [0.4, 0.5) is 26.2 Å². The van der Waals surface area contributed by atoms with E-state index in [1.165, 1.54) is 17.1 Å². The SMILES string of the molecule is CC1(C)CC(Nc2nc(Nc3cc(F)c(C4CC4)c(-n4cnnn4)c3)ncc2F)CC(C)(C)N1. The number of hydrogen-bond donors (Lipinski definition) is 3. The zero-order valence-corrected chi connectivity index (χ0v) is 19.7. The number of halogens is 2. The van der Waals surface area contributed by atoms with Crippen LogP contribution in [0.25, 0.3) is 5.69 Å². The summed E-state index contributed by atoms with van der Waals surface area (Å²) in [6, 6.07) is 3.19. The first kappa shape index (κ1) is 22.6. The number of nitrogens with one attached hydrogen (secondary N) is 3. The second-order valence-corrected chi connectivity index (χ2v) is 10.6. The van der Waals surface area contributed by atoms with Crippen molar-refractivity contribution in [2.45, 2.75) is 76.4 Å². The Morgan fingerprint density at radius 2 is 1.79 bits per heavy atom. The summed E-state index contributed by atoms with van der Waals surface area (Å²) < 4.78 is 31.1. The molecular weight excluding hydrogens is 440 g/mol. The van der Waals surface area contributed by atoms with Gasteiger partial charge >= 0.3 is 0 Å². The van der Waals surface area contributed by atoms with E-state index in [9.17, 15) is 4.39 Å². The third-order valence-corrected chi connectivity index (χ3v) is 6.22. The first-order valence-corrected chi connectivity index (χ1v) is 11.5. The normalized spacial score (nSPS) is 19.7. The highest BCUT2D eigenvalue weighted by atomic mass is 19.1. The molecule has 1 saturated heterocycles. The molecule has 1 saturated carbocycles. The molecule has 34 heavy (non-hydrogen) atoms. The summed E-state index contributed by atoms with van der Waals surface area (Å²) in [5, 5.41) is 21.1. The average molecular weight is 470 g/mol. The smallest absolute Gasteiger partial charge is 0.229 e. The molecule has 0 spiro atoms. The largest absolute Gasteiger partial charge is 0.365 e. The summed E-state index contributed by atoms with van der Waals surface area (Å²) in [7, 11) is 0. The topological polar surface area (TPSA) is 105 Å². The van der Waals surface area contributed by atoms with Gasteiger partial charge < -0.3 is 16.0 Å². The van der Waals surface area contributed by atoms with Crippen LogP contribution in [0.3, 0.4) is 0 Å². The number of nitrogens with zero attached hydrogens (tertiary/aromatic N) is 6. The molecule has 1 aliphatic carbocycles. The lowest BCUT2D eigenvalue weighted by molar-refractivity contribution is 0.170. The third kappa shape index (κ3) is 4.84. The van der Waals surface area contributed by atoms with Gasteiger partial charge in [-0.3, -0.25) is 0 Å². The van der Waals surface area contributed by atoms with Crippen LogP contribution >= 0.6 is 0 Å². The molecule has 0 atom stereocenters. The molecule has 1 aliphatic heterocycles. The first-order valence-electron chi connectivity index (χ1n) is 11.5. The molecule has 2 aromatic heterocycles. The predicted molar refractivity (Wildman–Crippen MR) is 124 cm³/mol. The lowest BCUT2D eigenvalue weighted by Gasteiger charge is -2.46. The molecule has 3 aromatic rings. The Bertz CT molecular complexity index is 1170. The number of rotatable bonds is 6. The number of hydrogen-bond acceptors (Lipinski definition) is 8. The van der Waals surface area contributed by atoms with Gasteiger partial charge in [0.15, 0.2) is 11.6 Å². The zero-order chi connectivity index (χ0) is 24.1. The lowest BCUT2D eigenvalue weighted by Crippen LogP contribution is -2.60. The predicted octanol–water partition coefficient (Wildman–Crippen LogP) is 4.07. The number of tetrazole rings is 1. The maximum absolute atomic E-state index is 15.1. The highest BCUT2D eigenvalue weighted by Crippen LogP contribution is 2.44. The number of anilines is 3. The van der Waals surface area contributed by atoms with Gasteiger partial charge in [0, 0.05) is 28.4 Å². The number of benzene rings is 1. The van der Waals surface area contributed by atoms with Crippen molar-refractivity contribution in [2.75, 3.05) is 10.6 Å². The van der Waals surface area contributed by atoms with E-state index >= 15 is 4.39 Å². The quantitative estimate of drug-likeness (QED) is 0.496. The van der Waals surface area contributed by atoms with Crippen molar-refractivity contribution in [3.63, 3.8) is 0 Å². The Kier molecular flexibility index (Phi) is 5.46. The van der Waals surface area contributed by atoms with E-state index in [2.05, 4.69) is 69.1 Å². The van der Waals surface area contributed by atoms with Crippen LogP contribution < -0.4 is 16.0 Å². The summed E-state index contributed by atoms with van der Waals surface area (Å²) in [5.41, 5.74) is 1.38. The van der Waals surface area contributed by atoms with Gasteiger partial charge in [-0.25, -0.2) is 18.4 Å². The molecule has 2 fully saturated rings. The number of piperidine rings is 1. The highest BCUT2D eigenvalue weighted by molar-refractivity contribution is 5.62. The third-order valence-electron chi connectivity index (χ3n) is 6.22. The minimum absolute atomic E-state index is 0.0326. The molecule has 5 rings (SSSR count). The highest BCUT2D eigenvalue weighted by Gasteiger charge is 2.38. The van der Waals surface area contributed by atoms with Gasteiger partial charge in [0.2, 0.25) is 5.95 Å². The van der Waals surface area contributed by atoms with E-state index in [0.717, 1.165) is 31.9 Å². The average Bonchev–Trinajstić information content (AvgIpc) is 3.39. The summed E-state index contributed by atoms with van der Waals surface area (Å²) in [5.74, 6) is -0.448. The van der Waals surface area contributed by atoms with Crippen LogP contribution in [0.1, 0.15) is 64.9 Å². The van der Waals surface area contributed by atoms with Crippen molar-refractivity contribution >= 4 is 17.5 Å². The molecule has 3 heterocycles. The van der Waals surface area contributed by atoms with Crippen LogP contribution in [0.15, 0.2) is 24.7 Å². The Hall–Kier alpha value is -3.21. The minimum Gasteiger partial charge on any atom is -0.365 e. The summed E-state index contributed by atoms with van der Waals surface area (Å²) >= 11 is 0. The van der Waals surface area contributed by atoms with Crippen molar-refractivity contribution in [2.24, 2.45) is 0 Å². The van der Waals surface area contributed by atoms with Crippen molar-refractivity contribution < 1.29 is 8.78 Å². The van der Waals surface area contributed by atoms with E-state index < -0.39 is 5.82 Å². The Morgan fingerprint density at radius 1 is 1.06 bits per heavy atom. The van der Waals surface area contributed by atoms with Gasteiger partial charge in [0.05, 0.1) is 11.9 Å². The fourth-order valence-corrected chi connectivity index (χ4v) is 5.19. The molecule has 1 aromatic carbocycles. The Labute approximate surface area is 196 Å². The Morgan fingerprint density at radius 3 is 2.44 bits per heavy atom. The second kappa shape index (κ2) is 8.23. The minimum atomic E-state index is -0.538. The maximum atomic E-state index is 15.1. The van der Waals surface area contributed by atoms with Gasteiger partial charge in [0.1, 0.15) is 12.1 Å². The molecule has 2 aliphatic rings. The molecular formula is C23H29F2N9. The molecule has 0 unspecified atom stereocenters. The van der Waals surface area contributed by atoms with Crippen LogP contribution in [0, 0.1) is 11.6 Å². The van der Waals surface area contributed by atoms with Crippen molar-refractivity contribution in [1.29, 1.82) is 0 Å². The maximum Gasteiger partial charge on any atom is 0.229 e. The van der Waals surface area contributed by atoms with Crippen molar-refractivity contribution in [3.05, 3.63) is 41.9 Å². The van der Waals surface area contributed by atoms with Crippen LogP contribution in [-0.2, 0) is 0 Å². The van der Waals surface area contributed by atoms with Crippen molar-refractivity contribution in [3.8, 4) is 5.69 Å². The second-order valence-electron chi connectivity index (χ2n) is 10.6. The standard InChI is InChI=1S/C23H29F2N9/c1-22(2)9-15(10-23(3,4)31-22)28-20-17(25)11-26-21(30-20)29-14-7-16(24)19(13-5-6-13)18(8-14)34-12-27-32-33-34/h7-8,11-13,15,31H,5-6,9-10H2,1-4H3,(H2,26,28,29,30). The van der Waals surface area contributed by atoms with E-state index in [-0.39, 0.29) is 40.6 Å². The van der Waals surface area contributed by atoms with Crippen LogP contribution in [-0.4, -0.2) is 47.3 Å². The molecule has 9 nitrogen and oxygen atoms in total. The molecule has 3 N–H and O–H groups in total. The van der Waals surface area contributed by atoms with E-state index in [4.69, 9.17) is 0 Å². The molecule has 0 amide bonds. The van der Waals surface area contributed by atoms with E-state index in [1.54, 1.807) is 6.07 Å². The van der Waals surface area contributed by atoms with Crippen LogP contribution in [0.5, 0.6) is 0 Å². The molecule has 180 valence electrons. The number of aromatic nitrogens is 6. The summed E-state index contributed by atoms with van der Waals surface area (Å²) in [4.78, 5) is 8.41. The van der Waals surface area contributed by atoms with Gasteiger partial charge in [-0.2, -0.15) is 4.98 Å². The summed E-state index contributed by atoms with van der Waals surface area (Å²) in [6.45, 7) is 8.53. The molecule has 11 heteroatoms.